The maximum atomic E-state index is 12.7. The molecule has 0 fully saturated rings. The van der Waals surface area contributed by atoms with E-state index in [0.717, 1.165) is 26.0 Å². The first-order valence-corrected chi connectivity index (χ1v) is 4.73. The van der Waals surface area contributed by atoms with Crippen molar-refractivity contribution in [3.63, 3.8) is 0 Å². The van der Waals surface area contributed by atoms with Gasteiger partial charge in [-0.2, -0.15) is 0 Å². The van der Waals surface area contributed by atoms with Crippen LogP contribution in [0.25, 0.3) is 0 Å². The predicted octanol–water partition coefficient (Wildman–Crippen LogP) is 2.46. The lowest BCUT2D eigenvalue weighted by atomic mass is 10.3. The van der Waals surface area contributed by atoms with E-state index in [1.165, 1.54) is 6.07 Å². The number of halogens is 1. The minimum Gasteiger partial charge on any atom is -0.385 e. The lowest BCUT2D eigenvalue weighted by molar-refractivity contribution is 0.194. The number of rotatable bonds is 6. The van der Waals surface area contributed by atoms with E-state index < -0.39 is 0 Å². The van der Waals surface area contributed by atoms with Crippen LogP contribution in [0.3, 0.4) is 0 Å². The SMILES string of the molecule is COCCCCNc1[c]c(F)ccc1. The van der Waals surface area contributed by atoms with Crippen LogP contribution in [0.1, 0.15) is 12.8 Å². The zero-order valence-corrected chi connectivity index (χ0v) is 8.35. The molecule has 0 amide bonds. The third-order valence-electron chi connectivity index (χ3n) is 1.85. The first-order valence-electron chi connectivity index (χ1n) is 4.73. The second-order valence-corrected chi connectivity index (χ2v) is 3.04. The number of anilines is 1. The van der Waals surface area contributed by atoms with Crippen LogP contribution in [-0.4, -0.2) is 20.3 Å². The molecule has 3 heteroatoms. The van der Waals surface area contributed by atoms with Gasteiger partial charge < -0.3 is 10.1 Å². The molecule has 1 N–H and O–H groups in total. The number of unbranched alkanes of at least 4 members (excludes halogenated alkanes) is 1. The van der Waals surface area contributed by atoms with Crippen molar-refractivity contribution in [2.24, 2.45) is 0 Å². The highest BCUT2D eigenvalue weighted by molar-refractivity contribution is 5.41. The van der Waals surface area contributed by atoms with Crippen LogP contribution >= 0.6 is 0 Å². The predicted molar refractivity (Wildman–Crippen MR) is 54.8 cm³/mol. The largest absolute Gasteiger partial charge is 0.385 e. The molecule has 1 rings (SSSR count). The van der Waals surface area contributed by atoms with Gasteiger partial charge >= 0.3 is 0 Å². The molecular weight excluding hydrogens is 181 g/mol. The van der Waals surface area contributed by atoms with Gasteiger partial charge in [0.25, 0.3) is 0 Å². The highest BCUT2D eigenvalue weighted by atomic mass is 19.1. The fourth-order valence-electron chi connectivity index (χ4n) is 1.14. The standard InChI is InChI=1S/C11H15FNO/c1-14-8-3-2-7-13-11-6-4-5-10(12)9-11/h4-6,13H,2-3,7-8H2,1H3. The van der Waals surface area contributed by atoms with Crippen molar-refractivity contribution in [3.8, 4) is 0 Å². The van der Waals surface area contributed by atoms with E-state index in [9.17, 15) is 4.39 Å². The zero-order chi connectivity index (χ0) is 10.2. The summed E-state index contributed by atoms with van der Waals surface area (Å²) in [6.07, 6.45) is 2.02. The van der Waals surface area contributed by atoms with Crippen LogP contribution in [0.15, 0.2) is 18.2 Å². The first-order chi connectivity index (χ1) is 6.83. The minimum atomic E-state index is -0.327. The molecule has 1 aromatic carbocycles. The van der Waals surface area contributed by atoms with Gasteiger partial charge in [-0.05, 0) is 25.0 Å². The van der Waals surface area contributed by atoms with Crippen LogP contribution in [0, 0.1) is 11.9 Å². The molecule has 0 aliphatic heterocycles. The van der Waals surface area contributed by atoms with Crippen LogP contribution < -0.4 is 5.32 Å². The Balaban J connectivity index is 2.18. The number of ether oxygens (including phenoxy) is 1. The average molecular weight is 196 g/mol. The minimum absolute atomic E-state index is 0.327. The number of methoxy groups -OCH3 is 1. The van der Waals surface area contributed by atoms with Crippen molar-refractivity contribution in [1.29, 1.82) is 0 Å². The first kappa shape index (κ1) is 11.0. The Labute approximate surface area is 84.1 Å². The van der Waals surface area contributed by atoms with Gasteiger partial charge in [0.1, 0.15) is 5.82 Å². The van der Waals surface area contributed by atoms with E-state index in [1.807, 2.05) is 0 Å². The summed E-state index contributed by atoms with van der Waals surface area (Å²) in [7, 11) is 1.69. The molecular formula is C11H15FNO. The zero-order valence-electron chi connectivity index (χ0n) is 8.35. The van der Waals surface area contributed by atoms with Crippen LogP contribution in [0.2, 0.25) is 0 Å². The molecule has 0 atom stereocenters. The molecule has 0 spiro atoms. The summed E-state index contributed by atoms with van der Waals surface area (Å²) in [5, 5.41) is 3.09. The van der Waals surface area contributed by atoms with Gasteiger partial charge in [0.15, 0.2) is 0 Å². The molecule has 0 aliphatic rings. The fraction of sp³-hybridized carbons (Fsp3) is 0.455. The van der Waals surface area contributed by atoms with Gasteiger partial charge in [0.2, 0.25) is 0 Å². The third-order valence-corrected chi connectivity index (χ3v) is 1.85. The van der Waals surface area contributed by atoms with E-state index in [1.54, 1.807) is 19.2 Å². The Morgan fingerprint density at radius 1 is 1.43 bits per heavy atom. The van der Waals surface area contributed by atoms with Crippen molar-refractivity contribution in [2.75, 3.05) is 25.6 Å². The summed E-state index contributed by atoms with van der Waals surface area (Å²) in [4.78, 5) is 0. The monoisotopic (exact) mass is 196 g/mol. The number of hydrogen-bond donors (Lipinski definition) is 1. The van der Waals surface area contributed by atoms with Gasteiger partial charge in [-0.3, -0.25) is 0 Å². The van der Waals surface area contributed by atoms with Gasteiger partial charge in [-0.1, -0.05) is 6.07 Å². The normalized spacial score (nSPS) is 10.1. The maximum Gasteiger partial charge on any atom is 0.133 e. The van der Waals surface area contributed by atoms with E-state index in [0.29, 0.717) is 5.69 Å². The van der Waals surface area contributed by atoms with Crippen molar-refractivity contribution in [1.82, 2.24) is 0 Å². The van der Waals surface area contributed by atoms with E-state index >= 15 is 0 Å². The van der Waals surface area contributed by atoms with E-state index in [4.69, 9.17) is 4.74 Å². The smallest absolute Gasteiger partial charge is 0.133 e. The number of benzene rings is 1. The molecule has 1 radical (unpaired) electrons. The highest BCUT2D eigenvalue weighted by Gasteiger charge is 1.94. The molecule has 0 saturated heterocycles. The average Bonchev–Trinajstić information content (AvgIpc) is 2.18. The van der Waals surface area contributed by atoms with Crippen molar-refractivity contribution in [2.45, 2.75) is 12.8 Å². The lowest BCUT2D eigenvalue weighted by Gasteiger charge is -2.05. The second-order valence-electron chi connectivity index (χ2n) is 3.04. The molecule has 0 heterocycles. The maximum absolute atomic E-state index is 12.7. The van der Waals surface area contributed by atoms with E-state index in [2.05, 4.69) is 11.4 Å². The van der Waals surface area contributed by atoms with Gasteiger partial charge in [-0.25, -0.2) is 4.39 Å². The molecule has 77 valence electrons. The quantitative estimate of drug-likeness (QED) is 0.706. The van der Waals surface area contributed by atoms with Crippen LogP contribution in [-0.2, 0) is 4.74 Å². The Kier molecular flexibility index (Phi) is 5.00. The fourth-order valence-corrected chi connectivity index (χ4v) is 1.14. The Morgan fingerprint density at radius 3 is 3.00 bits per heavy atom. The van der Waals surface area contributed by atoms with Crippen LogP contribution in [0.5, 0.6) is 0 Å². The number of nitrogens with one attached hydrogen (secondary N) is 1. The second kappa shape index (κ2) is 6.38. The summed E-state index contributed by atoms with van der Waals surface area (Å²) in [5.74, 6) is -0.327. The summed E-state index contributed by atoms with van der Waals surface area (Å²) >= 11 is 0. The van der Waals surface area contributed by atoms with Gasteiger partial charge in [0, 0.05) is 32.0 Å². The van der Waals surface area contributed by atoms with E-state index in [-0.39, 0.29) is 5.82 Å². The summed E-state index contributed by atoms with van der Waals surface area (Å²) in [5.41, 5.74) is 0.711. The van der Waals surface area contributed by atoms with Crippen molar-refractivity contribution in [3.05, 3.63) is 30.1 Å². The summed E-state index contributed by atoms with van der Waals surface area (Å²) in [6.45, 7) is 1.60. The lowest BCUT2D eigenvalue weighted by Crippen LogP contribution is -2.03. The number of hydrogen-bond acceptors (Lipinski definition) is 2. The third kappa shape index (κ3) is 4.23. The molecule has 2 nitrogen and oxygen atoms in total. The molecule has 1 aromatic rings. The molecule has 0 bridgehead atoms. The summed E-state index contributed by atoms with van der Waals surface area (Å²) < 4.78 is 17.6. The van der Waals surface area contributed by atoms with Gasteiger partial charge in [0.05, 0.1) is 0 Å². The molecule has 0 unspecified atom stereocenters. The van der Waals surface area contributed by atoms with Crippen LogP contribution in [0.4, 0.5) is 10.1 Å². The molecule has 14 heavy (non-hydrogen) atoms. The molecule has 0 saturated carbocycles. The highest BCUT2D eigenvalue weighted by Crippen LogP contribution is 2.07. The van der Waals surface area contributed by atoms with Gasteiger partial charge in [-0.15, -0.1) is 0 Å². The summed E-state index contributed by atoms with van der Waals surface area (Å²) in [6, 6.07) is 7.45. The van der Waals surface area contributed by atoms with Crippen molar-refractivity contribution >= 4 is 5.69 Å². The topological polar surface area (TPSA) is 21.3 Å². The van der Waals surface area contributed by atoms with Crippen molar-refractivity contribution < 1.29 is 9.13 Å². The molecule has 0 aliphatic carbocycles. The Morgan fingerprint density at radius 2 is 2.29 bits per heavy atom. The Hall–Kier alpha value is -1.09. The molecule has 0 aromatic heterocycles. The Bertz CT molecular complexity index is 265.